The molecule has 2 heterocycles. The van der Waals surface area contributed by atoms with Crippen molar-refractivity contribution in [3.8, 4) is 0 Å². The van der Waals surface area contributed by atoms with Gasteiger partial charge in [-0.05, 0) is 37.7 Å². The van der Waals surface area contributed by atoms with Gasteiger partial charge in [-0.15, -0.1) is 0 Å². The molecule has 1 saturated carbocycles. The number of fused-ring (bicyclic) bond motifs is 1. The van der Waals surface area contributed by atoms with Gasteiger partial charge >= 0.3 is 6.03 Å². The molecule has 2 saturated heterocycles. The zero-order valence-electron chi connectivity index (χ0n) is 15.1. The van der Waals surface area contributed by atoms with Gasteiger partial charge in [0.2, 0.25) is 0 Å². The van der Waals surface area contributed by atoms with E-state index in [0.29, 0.717) is 18.6 Å². The first-order valence-corrected chi connectivity index (χ1v) is 9.69. The first-order valence-electron chi connectivity index (χ1n) is 9.69. The molecule has 3 aliphatic rings. The minimum Gasteiger partial charge on any atom is -0.381 e. The number of carbonyl (C=O) groups is 1. The van der Waals surface area contributed by atoms with Crippen molar-refractivity contribution in [2.75, 3.05) is 19.8 Å². The molecule has 1 aliphatic carbocycles. The molecule has 4 rings (SSSR count). The quantitative estimate of drug-likeness (QED) is 0.552. The number of hydrogen-bond donors (Lipinski definition) is 5. The van der Waals surface area contributed by atoms with Gasteiger partial charge in [0.25, 0.3) is 0 Å². The molecule has 1 aromatic carbocycles. The lowest BCUT2D eigenvalue weighted by molar-refractivity contribution is 0.0506. The average molecular weight is 359 g/mol. The number of hydrogen-bond acceptors (Lipinski definition) is 5. The molecule has 0 aromatic heterocycles. The third kappa shape index (κ3) is 3.86. The molecular weight excluding hydrogens is 330 g/mol. The van der Waals surface area contributed by atoms with Crippen LogP contribution in [-0.2, 0) is 10.2 Å². The van der Waals surface area contributed by atoms with E-state index in [9.17, 15) is 4.79 Å². The Bertz CT molecular complexity index is 605. The molecule has 2 aliphatic heterocycles. The zero-order chi connectivity index (χ0) is 17.8. The van der Waals surface area contributed by atoms with Crippen LogP contribution >= 0.6 is 0 Å². The summed E-state index contributed by atoms with van der Waals surface area (Å²) in [6.45, 7) is 2.14. The molecule has 142 valence electrons. The summed E-state index contributed by atoms with van der Waals surface area (Å²) in [5.74, 6) is 0. The highest BCUT2D eigenvalue weighted by Gasteiger charge is 2.36. The molecule has 3 atom stereocenters. The molecule has 7 nitrogen and oxygen atoms in total. The summed E-state index contributed by atoms with van der Waals surface area (Å²) >= 11 is 0. The number of carbonyl (C=O) groups excluding carboxylic acids is 1. The summed E-state index contributed by atoms with van der Waals surface area (Å²) in [6, 6.07) is 11.5. The van der Waals surface area contributed by atoms with E-state index in [1.807, 2.05) is 6.07 Å². The van der Waals surface area contributed by atoms with Crippen LogP contribution in [0.2, 0.25) is 0 Å². The first kappa shape index (κ1) is 17.7. The Kier molecular flexibility index (Phi) is 5.40. The van der Waals surface area contributed by atoms with Crippen LogP contribution in [0.25, 0.3) is 0 Å². The summed E-state index contributed by atoms with van der Waals surface area (Å²) < 4.78 is 5.57. The number of nitrogens with one attached hydrogen (secondary N) is 5. The Balaban J connectivity index is 1.33. The molecular formula is C19H29N5O2. The maximum absolute atomic E-state index is 12.5. The van der Waals surface area contributed by atoms with E-state index >= 15 is 0 Å². The van der Waals surface area contributed by atoms with E-state index in [2.05, 4.69) is 51.3 Å². The maximum atomic E-state index is 12.5. The molecule has 1 aromatic rings. The van der Waals surface area contributed by atoms with Crippen molar-refractivity contribution in [3.63, 3.8) is 0 Å². The Labute approximate surface area is 154 Å². The van der Waals surface area contributed by atoms with E-state index in [0.717, 1.165) is 45.3 Å². The van der Waals surface area contributed by atoms with Crippen molar-refractivity contribution in [1.82, 2.24) is 27.0 Å². The highest BCUT2D eigenvalue weighted by molar-refractivity contribution is 5.74. The Morgan fingerprint density at radius 2 is 1.88 bits per heavy atom. The van der Waals surface area contributed by atoms with Gasteiger partial charge in [-0.2, -0.15) is 5.53 Å². The molecule has 26 heavy (non-hydrogen) atoms. The number of rotatable bonds is 4. The van der Waals surface area contributed by atoms with Crippen LogP contribution < -0.4 is 27.0 Å². The van der Waals surface area contributed by atoms with Crippen molar-refractivity contribution in [1.29, 1.82) is 0 Å². The van der Waals surface area contributed by atoms with Gasteiger partial charge in [0, 0.05) is 43.3 Å². The smallest absolute Gasteiger partial charge is 0.315 e. The molecule has 0 spiro atoms. The van der Waals surface area contributed by atoms with Crippen molar-refractivity contribution < 1.29 is 9.53 Å². The SMILES string of the molecule is O=C(NCC1(c2ccccc2)CCOCC1)NC1CCC2NNNC2C1. The predicted octanol–water partition coefficient (Wildman–Crippen LogP) is 0.936. The summed E-state index contributed by atoms with van der Waals surface area (Å²) in [6.07, 6.45) is 4.87. The largest absolute Gasteiger partial charge is 0.381 e. The lowest BCUT2D eigenvalue weighted by Crippen LogP contribution is -2.52. The number of hydrazine groups is 2. The van der Waals surface area contributed by atoms with Crippen LogP contribution in [0.4, 0.5) is 4.79 Å². The zero-order valence-corrected chi connectivity index (χ0v) is 15.1. The molecule has 0 radical (unpaired) electrons. The lowest BCUT2D eigenvalue weighted by atomic mass is 9.74. The summed E-state index contributed by atoms with van der Waals surface area (Å²) in [5, 5.41) is 6.30. The Hall–Kier alpha value is -1.67. The van der Waals surface area contributed by atoms with Crippen LogP contribution in [0.3, 0.4) is 0 Å². The minimum absolute atomic E-state index is 0.0324. The van der Waals surface area contributed by atoms with Gasteiger partial charge in [0.15, 0.2) is 0 Å². The summed E-state index contributed by atoms with van der Waals surface area (Å²) in [7, 11) is 0. The van der Waals surface area contributed by atoms with Crippen LogP contribution in [0, 0.1) is 0 Å². The van der Waals surface area contributed by atoms with Gasteiger partial charge in [0.05, 0.1) is 0 Å². The van der Waals surface area contributed by atoms with Gasteiger partial charge in [-0.1, -0.05) is 30.3 Å². The van der Waals surface area contributed by atoms with Crippen LogP contribution in [0.5, 0.6) is 0 Å². The van der Waals surface area contributed by atoms with Gasteiger partial charge < -0.3 is 15.4 Å². The Morgan fingerprint density at radius 3 is 2.69 bits per heavy atom. The molecule has 2 amide bonds. The van der Waals surface area contributed by atoms with E-state index in [1.165, 1.54) is 5.56 Å². The fourth-order valence-electron chi connectivity index (χ4n) is 4.47. The van der Waals surface area contributed by atoms with Crippen LogP contribution in [0.1, 0.15) is 37.7 Å². The number of urea groups is 1. The highest BCUT2D eigenvalue weighted by Crippen LogP contribution is 2.34. The second-order valence-electron chi connectivity index (χ2n) is 7.72. The highest BCUT2D eigenvalue weighted by atomic mass is 16.5. The van der Waals surface area contributed by atoms with Crippen molar-refractivity contribution in [3.05, 3.63) is 35.9 Å². The van der Waals surface area contributed by atoms with E-state index in [4.69, 9.17) is 4.74 Å². The fourth-order valence-corrected chi connectivity index (χ4v) is 4.47. The van der Waals surface area contributed by atoms with Crippen molar-refractivity contribution in [2.45, 2.75) is 55.6 Å². The average Bonchev–Trinajstić information content (AvgIpc) is 3.16. The van der Waals surface area contributed by atoms with Crippen molar-refractivity contribution >= 4 is 6.03 Å². The summed E-state index contributed by atoms with van der Waals surface area (Å²) in [4.78, 5) is 12.5. The molecule has 5 N–H and O–H groups in total. The third-order valence-corrected chi connectivity index (χ3v) is 6.12. The van der Waals surface area contributed by atoms with E-state index in [-0.39, 0.29) is 17.5 Å². The first-order chi connectivity index (χ1) is 12.8. The van der Waals surface area contributed by atoms with Crippen LogP contribution in [0.15, 0.2) is 30.3 Å². The van der Waals surface area contributed by atoms with Crippen molar-refractivity contribution in [2.24, 2.45) is 0 Å². The molecule has 3 fully saturated rings. The van der Waals surface area contributed by atoms with Gasteiger partial charge in [-0.25, -0.2) is 15.6 Å². The van der Waals surface area contributed by atoms with Gasteiger partial charge in [-0.3, -0.25) is 0 Å². The Morgan fingerprint density at radius 1 is 1.12 bits per heavy atom. The standard InChI is InChI=1S/C19H29N5O2/c25-18(21-15-6-7-16-17(12-15)23-24-22-16)20-13-19(8-10-26-11-9-19)14-4-2-1-3-5-14/h1-5,15-17,22-24H,6-13H2,(H2,20,21,25). The monoisotopic (exact) mass is 359 g/mol. The van der Waals surface area contributed by atoms with E-state index < -0.39 is 0 Å². The fraction of sp³-hybridized carbons (Fsp3) is 0.632. The maximum Gasteiger partial charge on any atom is 0.315 e. The second-order valence-corrected chi connectivity index (χ2v) is 7.72. The second kappa shape index (κ2) is 7.92. The number of amides is 2. The summed E-state index contributed by atoms with van der Waals surface area (Å²) in [5.41, 5.74) is 10.7. The molecule has 3 unspecified atom stereocenters. The molecule has 0 bridgehead atoms. The topological polar surface area (TPSA) is 86.5 Å². The molecule has 7 heteroatoms. The van der Waals surface area contributed by atoms with E-state index in [1.54, 1.807) is 0 Å². The van der Waals surface area contributed by atoms with Crippen LogP contribution in [-0.4, -0.2) is 43.9 Å². The third-order valence-electron chi connectivity index (χ3n) is 6.12. The minimum atomic E-state index is -0.0610. The predicted molar refractivity (Wildman–Crippen MR) is 99.3 cm³/mol. The number of benzene rings is 1. The normalized spacial score (nSPS) is 30.4. The number of ether oxygens (including phenoxy) is 1. The van der Waals surface area contributed by atoms with Gasteiger partial charge in [0.1, 0.15) is 0 Å². The lowest BCUT2D eigenvalue weighted by Gasteiger charge is -2.38.